The van der Waals surface area contributed by atoms with Gasteiger partial charge in [-0.15, -0.1) is 0 Å². The van der Waals surface area contributed by atoms with Crippen molar-refractivity contribution in [3.8, 4) is 11.6 Å². The molecule has 0 unspecified atom stereocenters. The molecule has 0 fully saturated rings. The minimum Gasteiger partial charge on any atom is -0.478 e. The third-order valence-electron chi connectivity index (χ3n) is 2.35. The molecule has 1 heterocycles. The maximum atomic E-state index is 13.5. The number of halogens is 2. The summed E-state index contributed by atoms with van der Waals surface area (Å²) >= 11 is 5.84. The number of aryl methyl sites for hydroxylation is 1. The molecule has 1 aromatic heterocycles. The van der Waals surface area contributed by atoms with E-state index in [0.29, 0.717) is 0 Å². The molecular formula is C13H9ClFNO3. The number of benzene rings is 1. The largest absolute Gasteiger partial charge is 0.478 e. The molecule has 0 aliphatic carbocycles. The molecule has 0 aliphatic rings. The minimum absolute atomic E-state index is 0.000746. The second-order valence-electron chi connectivity index (χ2n) is 3.85. The van der Waals surface area contributed by atoms with Crippen molar-refractivity contribution < 1.29 is 19.0 Å². The van der Waals surface area contributed by atoms with Gasteiger partial charge in [0.15, 0.2) is 11.6 Å². The first-order valence-corrected chi connectivity index (χ1v) is 5.68. The van der Waals surface area contributed by atoms with Crippen molar-refractivity contribution in [2.45, 2.75) is 6.92 Å². The number of hydrogen-bond acceptors (Lipinski definition) is 3. The van der Waals surface area contributed by atoms with E-state index in [2.05, 4.69) is 4.98 Å². The lowest BCUT2D eigenvalue weighted by atomic mass is 10.2. The fourth-order valence-electron chi connectivity index (χ4n) is 1.41. The lowest BCUT2D eigenvalue weighted by Gasteiger charge is -2.08. The van der Waals surface area contributed by atoms with Gasteiger partial charge in [-0.25, -0.2) is 14.2 Å². The lowest BCUT2D eigenvalue weighted by molar-refractivity contribution is 0.0696. The van der Waals surface area contributed by atoms with Crippen molar-refractivity contribution in [2.75, 3.05) is 0 Å². The number of hydrogen-bond donors (Lipinski definition) is 1. The Kier molecular flexibility index (Phi) is 3.66. The zero-order valence-electron chi connectivity index (χ0n) is 9.85. The van der Waals surface area contributed by atoms with Gasteiger partial charge in [0.25, 0.3) is 0 Å². The number of ether oxygens (including phenoxy) is 1. The summed E-state index contributed by atoms with van der Waals surface area (Å²) in [5.41, 5.74) is 0.747. The van der Waals surface area contributed by atoms with Crippen molar-refractivity contribution in [1.29, 1.82) is 0 Å². The molecule has 19 heavy (non-hydrogen) atoms. The van der Waals surface area contributed by atoms with Crippen molar-refractivity contribution >= 4 is 17.6 Å². The third kappa shape index (κ3) is 3.00. The first-order chi connectivity index (χ1) is 8.97. The van der Waals surface area contributed by atoms with Crippen LogP contribution >= 0.6 is 11.6 Å². The molecule has 0 atom stereocenters. The van der Waals surface area contributed by atoms with Crippen LogP contribution in [0.3, 0.4) is 0 Å². The van der Waals surface area contributed by atoms with E-state index in [-0.39, 0.29) is 22.2 Å². The van der Waals surface area contributed by atoms with Gasteiger partial charge < -0.3 is 9.84 Å². The Bertz CT molecular complexity index is 646. The Morgan fingerprint density at radius 3 is 2.79 bits per heavy atom. The van der Waals surface area contributed by atoms with Gasteiger partial charge in [-0.2, -0.15) is 0 Å². The number of aromatic carboxylic acids is 1. The van der Waals surface area contributed by atoms with E-state index in [1.54, 1.807) is 13.0 Å². The predicted molar refractivity (Wildman–Crippen MR) is 67.4 cm³/mol. The summed E-state index contributed by atoms with van der Waals surface area (Å²) in [5, 5.41) is 8.77. The van der Waals surface area contributed by atoms with Crippen LogP contribution in [0.1, 0.15) is 15.9 Å². The van der Waals surface area contributed by atoms with Crippen LogP contribution in [-0.4, -0.2) is 16.1 Å². The number of carboxylic acid groups (broad SMARTS) is 1. The molecule has 1 N–H and O–H groups in total. The molecule has 98 valence electrons. The molecule has 0 amide bonds. The van der Waals surface area contributed by atoms with Gasteiger partial charge in [0.2, 0.25) is 5.88 Å². The molecule has 4 nitrogen and oxygen atoms in total. The number of carboxylic acids is 1. The van der Waals surface area contributed by atoms with E-state index < -0.39 is 11.8 Å². The predicted octanol–water partition coefficient (Wildman–Crippen LogP) is 3.67. The topological polar surface area (TPSA) is 59.4 Å². The Morgan fingerprint density at radius 2 is 2.16 bits per heavy atom. The molecule has 6 heteroatoms. The zero-order chi connectivity index (χ0) is 14.0. The fraction of sp³-hybridized carbons (Fsp3) is 0.0769. The van der Waals surface area contributed by atoms with Crippen LogP contribution in [0.5, 0.6) is 11.6 Å². The highest BCUT2D eigenvalue weighted by Gasteiger charge is 2.12. The summed E-state index contributed by atoms with van der Waals surface area (Å²) in [5.74, 6) is -1.76. The average molecular weight is 282 g/mol. The van der Waals surface area contributed by atoms with Crippen LogP contribution in [0.15, 0.2) is 30.5 Å². The van der Waals surface area contributed by atoms with E-state index in [1.807, 2.05) is 0 Å². The Morgan fingerprint density at radius 1 is 1.42 bits per heavy atom. The quantitative estimate of drug-likeness (QED) is 0.932. The number of pyridine rings is 1. The molecule has 0 aliphatic heterocycles. The molecular weight excluding hydrogens is 273 g/mol. The van der Waals surface area contributed by atoms with E-state index in [1.165, 1.54) is 18.2 Å². The molecule has 2 rings (SSSR count). The highest BCUT2D eigenvalue weighted by atomic mass is 35.5. The zero-order valence-corrected chi connectivity index (χ0v) is 10.6. The Hall–Kier alpha value is -2.14. The van der Waals surface area contributed by atoms with Gasteiger partial charge in [-0.1, -0.05) is 17.7 Å². The van der Waals surface area contributed by atoms with Crippen LogP contribution in [0.2, 0.25) is 5.02 Å². The van der Waals surface area contributed by atoms with Crippen molar-refractivity contribution in [2.24, 2.45) is 0 Å². The van der Waals surface area contributed by atoms with Gasteiger partial charge in [-0.05, 0) is 30.7 Å². The lowest BCUT2D eigenvalue weighted by Crippen LogP contribution is -1.99. The Balaban J connectivity index is 2.33. The highest BCUT2D eigenvalue weighted by Crippen LogP contribution is 2.29. The molecule has 0 saturated carbocycles. The molecule has 0 spiro atoms. The van der Waals surface area contributed by atoms with Crippen LogP contribution in [-0.2, 0) is 0 Å². The van der Waals surface area contributed by atoms with Crippen LogP contribution < -0.4 is 4.74 Å². The number of rotatable bonds is 3. The monoisotopic (exact) mass is 281 g/mol. The smallest absolute Gasteiger partial charge is 0.337 e. The molecule has 0 saturated heterocycles. The van der Waals surface area contributed by atoms with Crippen LogP contribution in [0.4, 0.5) is 4.39 Å². The summed E-state index contributed by atoms with van der Waals surface area (Å²) in [6.07, 6.45) is 1.09. The second-order valence-corrected chi connectivity index (χ2v) is 4.26. The number of nitrogens with zero attached hydrogens (tertiary/aromatic N) is 1. The SMILES string of the molecule is Cc1ccc(F)c(Oc2ncc(C(=O)O)cc2Cl)c1. The molecule has 2 aromatic rings. The minimum atomic E-state index is -1.15. The first kappa shape index (κ1) is 13.3. The van der Waals surface area contributed by atoms with Crippen LogP contribution in [0.25, 0.3) is 0 Å². The van der Waals surface area contributed by atoms with Gasteiger partial charge in [0.05, 0.1) is 5.56 Å². The standard InChI is InChI=1S/C13H9ClFNO3/c1-7-2-3-10(15)11(4-7)19-12-9(14)5-8(6-16-12)13(17)18/h2-6H,1H3,(H,17,18). The summed E-state index contributed by atoms with van der Waals surface area (Å²) in [6, 6.07) is 5.56. The summed E-state index contributed by atoms with van der Waals surface area (Å²) in [4.78, 5) is 14.5. The van der Waals surface area contributed by atoms with Crippen molar-refractivity contribution in [3.63, 3.8) is 0 Å². The molecule has 0 bridgehead atoms. The van der Waals surface area contributed by atoms with E-state index in [9.17, 15) is 9.18 Å². The van der Waals surface area contributed by atoms with Gasteiger partial charge in [0, 0.05) is 6.20 Å². The van der Waals surface area contributed by atoms with E-state index in [4.69, 9.17) is 21.4 Å². The number of aromatic nitrogens is 1. The normalized spacial score (nSPS) is 10.3. The van der Waals surface area contributed by atoms with E-state index in [0.717, 1.165) is 11.8 Å². The highest BCUT2D eigenvalue weighted by molar-refractivity contribution is 6.32. The average Bonchev–Trinajstić information content (AvgIpc) is 2.36. The maximum Gasteiger partial charge on any atom is 0.337 e. The maximum absolute atomic E-state index is 13.5. The van der Waals surface area contributed by atoms with Crippen LogP contribution in [0, 0.1) is 12.7 Å². The van der Waals surface area contributed by atoms with Crippen molar-refractivity contribution in [3.05, 3.63) is 52.4 Å². The molecule has 0 radical (unpaired) electrons. The third-order valence-corrected chi connectivity index (χ3v) is 2.62. The van der Waals surface area contributed by atoms with Crippen molar-refractivity contribution in [1.82, 2.24) is 4.98 Å². The summed E-state index contributed by atoms with van der Waals surface area (Å²) in [7, 11) is 0. The first-order valence-electron chi connectivity index (χ1n) is 5.30. The fourth-order valence-corrected chi connectivity index (χ4v) is 1.62. The Labute approximate surface area is 113 Å². The number of carbonyl (C=O) groups is 1. The molecule has 1 aromatic carbocycles. The van der Waals surface area contributed by atoms with Gasteiger partial charge in [0.1, 0.15) is 5.02 Å². The van der Waals surface area contributed by atoms with Gasteiger partial charge >= 0.3 is 5.97 Å². The summed E-state index contributed by atoms with van der Waals surface area (Å²) in [6.45, 7) is 1.79. The summed E-state index contributed by atoms with van der Waals surface area (Å²) < 4.78 is 18.7. The van der Waals surface area contributed by atoms with Gasteiger partial charge in [-0.3, -0.25) is 0 Å². The second kappa shape index (κ2) is 5.24. The van der Waals surface area contributed by atoms with E-state index >= 15 is 0 Å².